The Hall–Kier alpha value is -1.16. The smallest absolute Gasteiger partial charge is 0.159 e. The Morgan fingerprint density at radius 3 is 1.59 bits per heavy atom. The lowest BCUT2D eigenvalue weighted by molar-refractivity contribution is 0.100. The number of halogens is 2. The second kappa shape index (κ2) is 8.47. The maximum Gasteiger partial charge on any atom is 0.159 e. The number of carbonyl (C=O) groups excluding carboxylic acids is 2. The van der Waals surface area contributed by atoms with Crippen molar-refractivity contribution in [3.8, 4) is 11.5 Å². The summed E-state index contributed by atoms with van der Waals surface area (Å²) in [7, 11) is 0. The van der Waals surface area contributed by atoms with Gasteiger partial charge in [0.25, 0.3) is 0 Å². The number of hydrogen-bond acceptors (Lipinski definition) is 4. The van der Waals surface area contributed by atoms with Crippen LogP contribution in [0.4, 0.5) is 0 Å². The molecule has 0 bridgehead atoms. The SMILES string of the molecule is CC(=O)c1cc(I)c(O)c(I)c1.CC(=O)c1ccc(O)cc1. The topological polar surface area (TPSA) is 74.6 Å². The number of phenols is 2. The third-order valence-electron chi connectivity index (χ3n) is 2.70. The van der Waals surface area contributed by atoms with Crippen LogP contribution in [0.5, 0.6) is 11.5 Å². The van der Waals surface area contributed by atoms with E-state index >= 15 is 0 Å². The number of aromatic hydroxyl groups is 2. The molecular weight excluding hydrogens is 510 g/mol. The fourth-order valence-electron chi connectivity index (χ4n) is 1.46. The molecule has 0 atom stereocenters. The molecule has 0 aliphatic heterocycles. The third-order valence-corrected chi connectivity index (χ3v) is 4.34. The van der Waals surface area contributed by atoms with E-state index in [1.165, 1.54) is 26.0 Å². The van der Waals surface area contributed by atoms with Crippen molar-refractivity contribution >= 4 is 56.7 Å². The van der Waals surface area contributed by atoms with Crippen LogP contribution in [0.15, 0.2) is 36.4 Å². The van der Waals surface area contributed by atoms with E-state index < -0.39 is 0 Å². The second-order valence-electron chi connectivity index (χ2n) is 4.45. The number of phenolic OH excluding ortho intramolecular Hbond substituents is 2. The second-order valence-corrected chi connectivity index (χ2v) is 6.77. The molecule has 0 aliphatic rings. The minimum absolute atomic E-state index is 0.0139. The van der Waals surface area contributed by atoms with Crippen LogP contribution in [0.3, 0.4) is 0 Å². The van der Waals surface area contributed by atoms with Crippen molar-refractivity contribution in [3.63, 3.8) is 0 Å². The molecule has 2 aromatic rings. The van der Waals surface area contributed by atoms with E-state index in [9.17, 15) is 14.7 Å². The van der Waals surface area contributed by atoms with Crippen LogP contribution in [-0.2, 0) is 0 Å². The van der Waals surface area contributed by atoms with E-state index in [0.717, 1.165) is 0 Å². The van der Waals surface area contributed by atoms with Crippen LogP contribution in [0, 0.1) is 7.14 Å². The van der Waals surface area contributed by atoms with Crippen LogP contribution in [-0.4, -0.2) is 21.8 Å². The van der Waals surface area contributed by atoms with Gasteiger partial charge in [-0.15, -0.1) is 0 Å². The predicted octanol–water partition coefficient (Wildman–Crippen LogP) is 4.40. The van der Waals surface area contributed by atoms with E-state index in [1.807, 2.05) is 45.2 Å². The van der Waals surface area contributed by atoms with E-state index in [2.05, 4.69) is 0 Å². The highest BCUT2D eigenvalue weighted by atomic mass is 127. The van der Waals surface area contributed by atoms with Gasteiger partial charge in [-0.2, -0.15) is 0 Å². The molecule has 0 amide bonds. The lowest BCUT2D eigenvalue weighted by Crippen LogP contribution is -1.94. The molecule has 2 aromatic carbocycles. The Labute approximate surface area is 155 Å². The number of benzene rings is 2. The molecule has 0 spiro atoms. The molecule has 6 heteroatoms. The largest absolute Gasteiger partial charge is 0.508 e. The van der Waals surface area contributed by atoms with Crippen LogP contribution in [0.2, 0.25) is 0 Å². The molecule has 2 N–H and O–H groups in total. The average molecular weight is 524 g/mol. The molecule has 116 valence electrons. The van der Waals surface area contributed by atoms with Gasteiger partial charge in [-0.05, 0) is 95.4 Å². The van der Waals surface area contributed by atoms with E-state index in [1.54, 1.807) is 24.3 Å². The first kappa shape index (κ1) is 18.9. The highest BCUT2D eigenvalue weighted by molar-refractivity contribution is 14.1. The molecule has 0 fully saturated rings. The summed E-state index contributed by atoms with van der Waals surface area (Å²) in [5.41, 5.74) is 1.26. The van der Waals surface area contributed by atoms with Crippen molar-refractivity contribution in [2.45, 2.75) is 13.8 Å². The molecule has 0 radical (unpaired) electrons. The zero-order chi connectivity index (χ0) is 16.9. The van der Waals surface area contributed by atoms with Crippen molar-refractivity contribution in [1.29, 1.82) is 0 Å². The summed E-state index contributed by atoms with van der Waals surface area (Å²) in [6.45, 7) is 3.00. The molecule has 0 saturated carbocycles. The Balaban J connectivity index is 0.000000224. The van der Waals surface area contributed by atoms with Crippen molar-refractivity contribution in [2.75, 3.05) is 0 Å². The summed E-state index contributed by atoms with van der Waals surface area (Å²) in [5, 5.41) is 18.2. The molecular formula is C16H14I2O4. The number of ketones is 2. The molecule has 22 heavy (non-hydrogen) atoms. The molecule has 0 saturated heterocycles. The molecule has 0 aliphatic carbocycles. The maximum atomic E-state index is 11.0. The first-order valence-electron chi connectivity index (χ1n) is 6.21. The van der Waals surface area contributed by atoms with Gasteiger partial charge >= 0.3 is 0 Å². The summed E-state index contributed by atoms with van der Waals surface area (Å²) in [6, 6.07) is 9.55. The molecule has 4 nitrogen and oxygen atoms in total. The molecule has 0 unspecified atom stereocenters. The summed E-state index contributed by atoms with van der Waals surface area (Å²) >= 11 is 4.00. The van der Waals surface area contributed by atoms with Gasteiger partial charge in [-0.25, -0.2) is 0 Å². The Bertz CT molecular complexity index is 671. The Kier molecular flexibility index (Phi) is 7.27. The van der Waals surface area contributed by atoms with Crippen LogP contribution >= 0.6 is 45.2 Å². The van der Waals surface area contributed by atoms with Gasteiger partial charge in [0, 0.05) is 11.1 Å². The number of rotatable bonds is 2. The molecule has 0 aromatic heterocycles. The quantitative estimate of drug-likeness (QED) is 0.452. The zero-order valence-electron chi connectivity index (χ0n) is 11.9. The standard InChI is InChI=1S/C8H6I2O2.C8H8O2/c1-4(11)5-2-6(9)8(12)7(10)3-5;1-6(9)7-2-4-8(10)5-3-7/h2-3,12H,1H3;2-5,10H,1H3. The summed E-state index contributed by atoms with van der Waals surface area (Å²) in [5.74, 6) is 0.469. The summed E-state index contributed by atoms with van der Waals surface area (Å²) < 4.78 is 1.43. The average Bonchev–Trinajstić information content (AvgIpc) is 2.45. The van der Waals surface area contributed by atoms with E-state index in [0.29, 0.717) is 18.3 Å². The van der Waals surface area contributed by atoms with Crippen LogP contribution in [0.25, 0.3) is 0 Å². The van der Waals surface area contributed by atoms with Crippen molar-refractivity contribution < 1.29 is 19.8 Å². The fraction of sp³-hybridized carbons (Fsp3) is 0.125. The highest BCUT2D eigenvalue weighted by Gasteiger charge is 2.07. The first-order valence-corrected chi connectivity index (χ1v) is 8.37. The van der Waals surface area contributed by atoms with E-state index in [4.69, 9.17) is 5.11 Å². The van der Waals surface area contributed by atoms with Gasteiger partial charge in [0.1, 0.15) is 11.5 Å². The van der Waals surface area contributed by atoms with Crippen molar-refractivity contribution in [3.05, 3.63) is 54.7 Å². The first-order chi connectivity index (χ1) is 10.2. The summed E-state index contributed by atoms with van der Waals surface area (Å²) in [6.07, 6.45) is 0. The number of hydrogen-bond donors (Lipinski definition) is 2. The van der Waals surface area contributed by atoms with Gasteiger partial charge < -0.3 is 10.2 Å². The zero-order valence-corrected chi connectivity index (χ0v) is 16.2. The fourth-order valence-corrected chi connectivity index (χ4v) is 3.23. The minimum Gasteiger partial charge on any atom is -0.508 e. The predicted molar refractivity (Wildman–Crippen MR) is 102 cm³/mol. The van der Waals surface area contributed by atoms with Crippen molar-refractivity contribution in [2.24, 2.45) is 0 Å². The number of carbonyl (C=O) groups is 2. The third kappa shape index (κ3) is 5.56. The van der Waals surface area contributed by atoms with Gasteiger partial charge in [-0.1, -0.05) is 0 Å². The monoisotopic (exact) mass is 524 g/mol. The molecule has 0 heterocycles. The van der Waals surface area contributed by atoms with Crippen molar-refractivity contribution in [1.82, 2.24) is 0 Å². The number of Topliss-reactive ketones (excluding diaryl/α,β-unsaturated/α-hetero) is 2. The Morgan fingerprint density at radius 1 is 0.818 bits per heavy atom. The van der Waals surface area contributed by atoms with Crippen LogP contribution < -0.4 is 0 Å². The highest BCUT2D eigenvalue weighted by Crippen LogP contribution is 2.27. The van der Waals surface area contributed by atoms with Crippen LogP contribution in [0.1, 0.15) is 34.6 Å². The molecule has 2 rings (SSSR count). The van der Waals surface area contributed by atoms with Gasteiger partial charge in [0.15, 0.2) is 11.6 Å². The van der Waals surface area contributed by atoms with Gasteiger partial charge in [0.05, 0.1) is 7.14 Å². The Morgan fingerprint density at radius 2 is 1.23 bits per heavy atom. The van der Waals surface area contributed by atoms with E-state index in [-0.39, 0.29) is 23.1 Å². The lowest BCUT2D eigenvalue weighted by Gasteiger charge is -2.02. The van der Waals surface area contributed by atoms with Gasteiger partial charge in [0.2, 0.25) is 0 Å². The maximum absolute atomic E-state index is 11.0. The summed E-state index contributed by atoms with van der Waals surface area (Å²) in [4.78, 5) is 21.6. The lowest BCUT2D eigenvalue weighted by atomic mass is 10.1. The minimum atomic E-state index is 0.0139. The van der Waals surface area contributed by atoms with Gasteiger partial charge in [-0.3, -0.25) is 9.59 Å². The normalized spacial score (nSPS) is 9.64.